The molecule has 0 N–H and O–H groups in total. The number of hydrogen-bond acceptors (Lipinski definition) is 4. The van der Waals surface area contributed by atoms with Crippen molar-refractivity contribution in [1.82, 2.24) is 14.3 Å². The minimum Gasteiger partial charge on any atom is -0.225 e. The van der Waals surface area contributed by atoms with Crippen LogP contribution in [0.3, 0.4) is 0 Å². The predicted octanol–water partition coefficient (Wildman–Crippen LogP) is 1.55. The minimum absolute atomic E-state index is 0.0372. The van der Waals surface area contributed by atoms with Gasteiger partial charge in [-0.2, -0.15) is 0 Å². The van der Waals surface area contributed by atoms with E-state index in [1.54, 1.807) is 7.05 Å². The molecule has 0 bridgehead atoms. The summed E-state index contributed by atoms with van der Waals surface area (Å²) in [5.41, 5.74) is 0. The number of rotatable bonds is 5. The Morgan fingerprint density at radius 1 is 1.38 bits per heavy atom. The molecule has 1 aromatic rings. The topological polar surface area (TPSA) is 63.2 Å². The van der Waals surface area contributed by atoms with Gasteiger partial charge in [-0.1, -0.05) is 13.3 Å². The van der Waals surface area contributed by atoms with Crippen molar-refractivity contribution in [2.24, 2.45) is 0 Å². The normalized spacial score (nSPS) is 12.0. The van der Waals surface area contributed by atoms with Crippen molar-refractivity contribution >= 4 is 21.6 Å². The Hall–Kier alpha value is -0.720. The number of sulfonamides is 1. The van der Waals surface area contributed by atoms with E-state index in [4.69, 9.17) is 11.6 Å². The highest BCUT2D eigenvalue weighted by atomic mass is 35.5. The second-order valence-electron chi connectivity index (χ2n) is 3.37. The first-order valence-corrected chi connectivity index (χ1v) is 6.74. The summed E-state index contributed by atoms with van der Waals surface area (Å²) in [6.07, 6.45) is 4.20. The summed E-state index contributed by atoms with van der Waals surface area (Å²) >= 11 is 5.49. The number of aromatic nitrogens is 2. The van der Waals surface area contributed by atoms with Gasteiger partial charge in [0, 0.05) is 13.6 Å². The summed E-state index contributed by atoms with van der Waals surface area (Å²) in [7, 11) is -1.94. The van der Waals surface area contributed by atoms with E-state index in [1.165, 1.54) is 16.7 Å². The van der Waals surface area contributed by atoms with E-state index in [0.717, 1.165) is 12.8 Å². The van der Waals surface area contributed by atoms with Gasteiger partial charge in [0.2, 0.25) is 15.3 Å². The molecule has 0 aliphatic carbocycles. The van der Waals surface area contributed by atoms with Crippen LogP contribution in [0.15, 0.2) is 17.3 Å². The maximum atomic E-state index is 12.0. The van der Waals surface area contributed by atoms with Gasteiger partial charge in [0.05, 0.1) is 12.4 Å². The lowest BCUT2D eigenvalue weighted by Gasteiger charge is -2.15. The second kappa shape index (κ2) is 5.56. The van der Waals surface area contributed by atoms with Crippen molar-refractivity contribution in [2.75, 3.05) is 13.6 Å². The average molecular weight is 264 g/mol. The molecular formula is C9H14ClN3O2S. The molecule has 0 unspecified atom stereocenters. The summed E-state index contributed by atoms with van der Waals surface area (Å²) in [4.78, 5) is 7.38. The Morgan fingerprint density at radius 3 is 2.44 bits per heavy atom. The molecule has 1 aromatic heterocycles. The fourth-order valence-electron chi connectivity index (χ4n) is 1.11. The fraction of sp³-hybridized carbons (Fsp3) is 0.556. The van der Waals surface area contributed by atoms with Gasteiger partial charge < -0.3 is 0 Å². The molecule has 0 aromatic carbocycles. The lowest BCUT2D eigenvalue weighted by molar-refractivity contribution is 0.459. The molecule has 7 heteroatoms. The van der Waals surface area contributed by atoms with Gasteiger partial charge in [0.25, 0.3) is 0 Å². The first-order valence-electron chi connectivity index (χ1n) is 4.92. The number of hydrogen-bond donors (Lipinski definition) is 0. The molecular weight excluding hydrogens is 250 g/mol. The third kappa shape index (κ3) is 3.13. The molecule has 0 atom stereocenters. The molecule has 1 heterocycles. The molecule has 0 spiro atoms. The van der Waals surface area contributed by atoms with Crippen molar-refractivity contribution in [3.05, 3.63) is 17.7 Å². The third-order valence-corrected chi connectivity index (χ3v) is 4.14. The van der Waals surface area contributed by atoms with Crippen LogP contribution in [-0.2, 0) is 10.0 Å². The van der Waals surface area contributed by atoms with E-state index in [-0.39, 0.29) is 10.2 Å². The predicted molar refractivity (Wildman–Crippen MR) is 61.8 cm³/mol. The van der Waals surface area contributed by atoms with Gasteiger partial charge in [0.1, 0.15) is 4.90 Å². The molecule has 0 aliphatic rings. The van der Waals surface area contributed by atoms with Crippen molar-refractivity contribution in [2.45, 2.75) is 24.7 Å². The summed E-state index contributed by atoms with van der Waals surface area (Å²) in [6.45, 7) is 2.49. The largest absolute Gasteiger partial charge is 0.245 e. The Morgan fingerprint density at radius 2 is 1.94 bits per heavy atom. The third-order valence-electron chi connectivity index (χ3n) is 2.13. The minimum atomic E-state index is -3.48. The number of nitrogens with zero attached hydrogens (tertiary/aromatic N) is 3. The van der Waals surface area contributed by atoms with Gasteiger partial charge in [-0.05, 0) is 18.0 Å². The van der Waals surface area contributed by atoms with E-state index in [0.29, 0.717) is 6.54 Å². The zero-order chi connectivity index (χ0) is 12.2. The van der Waals surface area contributed by atoms with Crippen LogP contribution in [0.5, 0.6) is 0 Å². The molecule has 16 heavy (non-hydrogen) atoms. The van der Waals surface area contributed by atoms with Crippen molar-refractivity contribution < 1.29 is 8.42 Å². The maximum absolute atomic E-state index is 12.0. The molecule has 90 valence electrons. The Bertz CT molecular complexity index is 433. The Balaban J connectivity index is 2.89. The molecule has 0 aliphatic heterocycles. The van der Waals surface area contributed by atoms with Gasteiger partial charge >= 0.3 is 0 Å². The SMILES string of the molecule is CCCCN(C)S(=O)(=O)c1cnc(Cl)nc1. The van der Waals surface area contributed by atoms with Crippen LogP contribution in [-0.4, -0.2) is 36.3 Å². The maximum Gasteiger partial charge on any atom is 0.245 e. The van der Waals surface area contributed by atoms with Crippen molar-refractivity contribution in [3.63, 3.8) is 0 Å². The molecule has 0 saturated heterocycles. The van der Waals surface area contributed by atoms with Crippen LogP contribution in [0.2, 0.25) is 5.28 Å². The molecule has 0 radical (unpaired) electrons. The number of halogens is 1. The lowest BCUT2D eigenvalue weighted by atomic mass is 10.3. The van der Waals surface area contributed by atoms with Gasteiger partial charge in [-0.3, -0.25) is 0 Å². The highest BCUT2D eigenvalue weighted by Crippen LogP contribution is 2.13. The van der Waals surface area contributed by atoms with Crippen molar-refractivity contribution in [1.29, 1.82) is 0 Å². The van der Waals surface area contributed by atoms with E-state index in [1.807, 2.05) is 6.92 Å². The molecule has 5 nitrogen and oxygen atoms in total. The zero-order valence-corrected chi connectivity index (χ0v) is 10.8. The molecule has 0 fully saturated rings. The van der Waals surface area contributed by atoms with Crippen LogP contribution >= 0.6 is 11.6 Å². The molecule has 0 amide bonds. The lowest BCUT2D eigenvalue weighted by Crippen LogP contribution is -2.28. The smallest absolute Gasteiger partial charge is 0.225 e. The Kier molecular flexibility index (Phi) is 4.64. The molecule has 1 rings (SSSR count). The van der Waals surface area contributed by atoms with E-state index >= 15 is 0 Å². The average Bonchev–Trinajstić information content (AvgIpc) is 2.26. The summed E-state index contributed by atoms with van der Waals surface area (Å²) in [5.74, 6) is 0. The number of unbranched alkanes of at least 4 members (excludes halogenated alkanes) is 1. The quantitative estimate of drug-likeness (QED) is 0.756. The van der Waals surface area contributed by atoms with E-state index in [9.17, 15) is 8.42 Å². The summed E-state index contributed by atoms with van der Waals surface area (Å²) < 4.78 is 25.2. The summed E-state index contributed by atoms with van der Waals surface area (Å²) in [6, 6.07) is 0. The Labute approximate surface area is 101 Å². The van der Waals surface area contributed by atoms with E-state index in [2.05, 4.69) is 9.97 Å². The summed E-state index contributed by atoms with van der Waals surface area (Å²) in [5, 5.41) is 0.0372. The van der Waals surface area contributed by atoms with Crippen molar-refractivity contribution in [3.8, 4) is 0 Å². The second-order valence-corrected chi connectivity index (χ2v) is 5.75. The standard InChI is InChI=1S/C9H14ClN3O2S/c1-3-4-5-13(2)16(14,15)8-6-11-9(10)12-7-8/h6-7H,3-5H2,1-2H3. The first kappa shape index (κ1) is 13.3. The van der Waals surface area contributed by atoms with Crippen LogP contribution in [0, 0.1) is 0 Å². The highest BCUT2D eigenvalue weighted by molar-refractivity contribution is 7.89. The monoisotopic (exact) mass is 263 g/mol. The van der Waals surface area contributed by atoms with E-state index < -0.39 is 10.0 Å². The van der Waals surface area contributed by atoms with Gasteiger partial charge in [-0.15, -0.1) is 0 Å². The highest BCUT2D eigenvalue weighted by Gasteiger charge is 2.20. The van der Waals surface area contributed by atoms with Crippen LogP contribution < -0.4 is 0 Å². The van der Waals surface area contributed by atoms with Gasteiger partial charge in [0.15, 0.2) is 0 Å². The first-order chi connectivity index (χ1) is 7.48. The zero-order valence-electron chi connectivity index (χ0n) is 9.22. The van der Waals surface area contributed by atoms with Crippen LogP contribution in [0.1, 0.15) is 19.8 Å². The molecule has 0 saturated carbocycles. The van der Waals surface area contributed by atoms with Crippen LogP contribution in [0.25, 0.3) is 0 Å². The van der Waals surface area contributed by atoms with Gasteiger partial charge in [-0.25, -0.2) is 22.7 Å². The van der Waals surface area contributed by atoms with Crippen LogP contribution in [0.4, 0.5) is 0 Å². The fourth-order valence-corrected chi connectivity index (χ4v) is 2.31.